The summed E-state index contributed by atoms with van der Waals surface area (Å²) >= 11 is 0. The Hall–Kier alpha value is -5.36. The third-order valence-electron chi connectivity index (χ3n) is 6.99. The number of hydrogen-bond donors (Lipinski definition) is 1. The predicted octanol–water partition coefficient (Wildman–Crippen LogP) is 3.06. The van der Waals surface area contributed by atoms with Crippen molar-refractivity contribution in [2.75, 3.05) is 6.61 Å². The molecule has 0 spiro atoms. The van der Waals surface area contributed by atoms with Crippen LogP contribution in [0, 0.1) is 20.8 Å². The lowest BCUT2D eigenvalue weighted by molar-refractivity contribution is -0.0699. The average molecular weight is 600 g/mol. The molecule has 12 heteroatoms. The summed E-state index contributed by atoms with van der Waals surface area (Å²) in [6, 6.07) is 19.8. The molecule has 3 aromatic carbocycles. The zero-order valence-corrected chi connectivity index (χ0v) is 24.1. The van der Waals surface area contributed by atoms with E-state index in [-0.39, 0.29) is 16.7 Å². The molecule has 1 aromatic heterocycles. The highest BCUT2D eigenvalue weighted by atomic mass is 16.7. The number of H-pyrrole nitrogens is 1. The van der Waals surface area contributed by atoms with Crippen LogP contribution in [0.2, 0.25) is 0 Å². The lowest BCUT2D eigenvalue weighted by atomic mass is 10.1. The third-order valence-corrected chi connectivity index (χ3v) is 6.99. The van der Waals surface area contributed by atoms with Crippen LogP contribution in [-0.4, -0.2) is 57.6 Å². The average Bonchev–Trinajstić information content (AvgIpc) is 3.32. The van der Waals surface area contributed by atoms with Gasteiger partial charge in [-0.2, -0.15) is 9.78 Å². The van der Waals surface area contributed by atoms with Crippen molar-refractivity contribution in [1.29, 1.82) is 0 Å². The molecule has 0 radical (unpaired) electrons. The van der Waals surface area contributed by atoms with E-state index in [0.29, 0.717) is 0 Å². The summed E-state index contributed by atoms with van der Waals surface area (Å²) in [5, 5.41) is 3.86. The van der Waals surface area contributed by atoms with E-state index in [4.69, 9.17) is 18.9 Å². The number of nitrogens with zero attached hydrogens (tertiary/aromatic N) is 2. The Kier molecular flexibility index (Phi) is 8.81. The van der Waals surface area contributed by atoms with Gasteiger partial charge in [0.2, 0.25) is 0 Å². The van der Waals surface area contributed by atoms with E-state index in [0.717, 1.165) is 27.6 Å². The van der Waals surface area contributed by atoms with Crippen molar-refractivity contribution in [2.24, 2.45) is 0 Å². The van der Waals surface area contributed by atoms with E-state index in [1.165, 1.54) is 0 Å². The zero-order valence-electron chi connectivity index (χ0n) is 24.1. The van der Waals surface area contributed by atoms with Crippen molar-refractivity contribution in [3.05, 3.63) is 133 Å². The first-order valence-corrected chi connectivity index (χ1v) is 13.7. The first-order valence-electron chi connectivity index (χ1n) is 13.7. The number of nitrogens with one attached hydrogen (secondary N) is 1. The minimum absolute atomic E-state index is 0.189. The minimum atomic E-state index is -1.47. The summed E-state index contributed by atoms with van der Waals surface area (Å²) in [6.45, 7) is 5.15. The Balaban J connectivity index is 1.50. The summed E-state index contributed by atoms with van der Waals surface area (Å²) in [7, 11) is 0. The maximum Gasteiger partial charge on any atom is 0.347 e. The molecule has 0 bridgehead atoms. The Bertz CT molecular complexity index is 1780. The topological polar surface area (TPSA) is 156 Å². The Morgan fingerprint density at radius 1 is 0.727 bits per heavy atom. The van der Waals surface area contributed by atoms with Crippen molar-refractivity contribution >= 4 is 17.9 Å². The van der Waals surface area contributed by atoms with Gasteiger partial charge in [-0.05, 0) is 57.2 Å². The van der Waals surface area contributed by atoms with Crippen LogP contribution in [0.25, 0.3) is 0 Å². The standard InChI is InChI=1S/C32H29N3O9/c1-18-4-10-21(11-5-18)29(37)41-17-24-26(43-30(38)22-12-6-19(2)7-13-22)27(44-31(39)23-14-8-20(3)9-15-23)28(42-24)35-32(40)34-25(36)16-33-35/h4-16,24,26-28H,17H2,1-3H3,(H,34,36,40)/t24-,26+,27+,28-/m1/s1. The molecule has 0 amide bonds. The van der Waals surface area contributed by atoms with Crippen LogP contribution in [0.3, 0.4) is 0 Å². The van der Waals surface area contributed by atoms with Crippen molar-refractivity contribution in [1.82, 2.24) is 14.8 Å². The van der Waals surface area contributed by atoms with Crippen LogP contribution >= 0.6 is 0 Å². The third kappa shape index (κ3) is 6.81. The van der Waals surface area contributed by atoms with Gasteiger partial charge in [0, 0.05) is 0 Å². The predicted molar refractivity (Wildman–Crippen MR) is 155 cm³/mol. The normalized spacial score (nSPS) is 19.2. The number of carbonyl (C=O) groups is 3. The van der Waals surface area contributed by atoms with Crippen LogP contribution in [0.4, 0.5) is 0 Å². The van der Waals surface area contributed by atoms with Gasteiger partial charge in [0.05, 0.1) is 16.7 Å². The van der Waals surface area contributed by atoms with Gasteiger partial charge in [-0.15, -0.1) is 0 Å². The fourth-order valence-electron chi connectivity index (χ4n) is 4.54. The largest absolute Gasteiger partial charge is 0.459 e. The van der Waals surface area contributed by atoms with Gasteiger partial charge >= 0.3 is 23.6 Å². The van der Waals surface area contributed by atoms with Crippen LogP contribution < -0.4 is 11.2 Å². The smallest absolute Gasteiger partial charge is 0.347 e. The lowest BCUT2D eigenvalue weighted by Crippen LogP contribution is -2.43. The maximum absolute atomic E-state index is 13.3. The molecule has 226 valence electrons. The van der Waals surface area contributed by atoms with Crippen LogP contribution in [0.15, 0.2) is 88.6 Å². The van der Waals surface area contributed by atoms with Crippen LogP contribution in [-0.2, 0) is 18.9 Å². The first-order chi connectivity index (χ1) is 21.1. The van der Waals surface area contributed by atoms with Gasteiger partial charge in [-0.25, -0.2) is 19.2 Å². The SMILES string of the molecule is Cc1ccc(C(=O)OC[C@H]2O[C@@H](n3ncc(=O)[nH]c3=O)[C@@H](OC(=O)c3ccc(C)cc3)[C@H]2OC(=O)c2ccc(C)cc2)cc1. The Morgan fingerprint density at radius 2 is 1.18 bits per heavy atom. The second-order valence-electron chi connectivity index (χ2n) is 10.4. The summed E-state index contributed by atoms with van der Waals surface area (Å²) in [6.07, 6.45) is -4.64. The number of benzene rings is 3. The molecule has 44 heavy (non-hydrogen) atoms. The van der Waals surface area contributed by atoms with Gasteiger partial charge in [0.25, 0.3) is 5.56 Å². The molecule has 5 rings (SSSR count). The van der Waals surface area contributed by atoms with Crippen LogP contribution in [0.5, 0.6) is 0 Å². The molecule has 0 saturated carbocycles. The summed E-state index contributed by atoms with van der Waals surface area (Å²) < 4.78 is 24.0. The monoisotopic (exact) mass is 599 g/mol. The number of rotatable bonds is 8. The molecule has 1 N–H and O–H groups in total. The molecule has 1 aliphatic heterocycles. The van der Waals surface area contributed by atoms with Crippen LogP contribution in [0.1, 0.15) is 54.0 Å². The van der Waals surface area contributed by atoms with E-state index in [1.807, 2.05) is 20.8 Å². The van der Waals surface area contributed by atoms with E-state index in [2.05, 4.69) is 10.1 Å². The fourth-order valence-corrected chi connectivity index (χ4v) is 4.54. The number of esters is 3. The molecule has 4 atom stereocenters. The highest BCUT2D eigenvalue weighted by molar-refractivity contribution is 5.91. The zero-order chi connectivity index (χ0) is 31.4. The number of ether oxygens (including phenoxy) is 4. The molecule has 0 aliphatic carbocycles. The molecular weight excluding hydrogens is 570 g/mol. The number of aromatic amines is 1. The molecule has 0 unspecified atom stereocenters. The molecule has 12 nitrogen and oxygen atoms in total. The van der Waals surface area contributed by atoms with E-state index < -0.39 is 60.3 Å². The molecular formula is C32H29N3O9. The number of aromatic nitrogens is 3. The van der Waals surface area contributed by atoms with Crippen molar-refractivity contribution in [3.63, 3.8) is 0 Å². The minimum Gasteiger partial charge on any atom is -0.459 e. The summed E-state index contributed by atoms with van der Waals surface area (Å²) in [5.74, 6) is -2.24. The van der Waals surface area contributed by atoms with E-state index >= 15 is 0 Å². The quantitative estimate of drug-likeness (QED) is 0.236. The lowest BCUT2D eigenvalue weighted by Gasteiger charge is -2.24. The second kappa shape index (κ2) is 12.9. The first kappa shape index (κ1) is 30.1. The molecule has 1 saturated heterocycles. The van der Waals surface area contributed by atoms with Gasteiger partial charge in [0.15, 0.2) is 18.4 Å². The second-order valence-corrected chi connectivity index (χ2v) is 10.4. The number of aryl methyl sites for hydroxylation is 3. The highest BCUT2D eigenvalue weighted by Gasteiger charge is 2.52. The van der Waals surface area contributed by atoms with E-state index in [1.54, 1.807) is 72.8 Å². The molecule has 1 fully saturated rings. The van der Waals surface area contributed by atoms with Crippen molar-refractivity contribution < 1.29 is 33.3 Å². The molecule has 2 heterocycles. The number of hydrogen-bond acceptors (Lipinski definition) is 10. The fraction of sp³-hybridized carbons (Fsp3) is 0.250. The highest BCUT2D eigenvalue weighted by Crippen LogP contribution is 2.34. The molecule has 1 aliphatic rings. The molecule has 4 aromatic rings. The van der Waals surface area contributed by atoms with Crippen molar-refractivity contribution in [2.45, 2.75) is 45.3 Å². The van der Waals surface area contributed by atoms with E-state index in [9.17, 15) is 24.0 Å². The van der Waals surface area contributed by atoms with Crippen molar-refractivity contribution in [3.8, 4) is 0 Å². The Morgan fingerprint density at radius 3 is 1.66 bits per heavy atom. The summed E-state index contributed by atoms with van der Waals surface area (Å²) in [5.41, 5.74) is 1.73. The summed E-state index contributed by atoms with van der Waals surface area (Å²) in [4.78, 5) is 66.0. The van der Waals surface area contributed by atoms with Gasteiger partial charge in [-0.3, -0.25) is 9.78 Å². The van der Waals surface area contributed by atoms with Gasteiger partial charge in [0.1, 0.15) is 18.9 Å². The van der Waals surface area contributed by atoms with Gasteiger partial charge in [-0.1, -0.05) is 53.1 Å². The maximum atomic E-state index is 13.3. The van der Waals surface area contributed by atoms with Gasteiger partial charge < -0.3 is 18.9 Å². The Labute approximate surface area is 251 Å². The number of carbonyl (C=O) groups excluding carboxylic acids is 3.